The Hall–Kier alpha value is -3.56. The van der Waals surface area contributed by atoms with Crippen LogP contribution in [0.4, 0.5) is 24.8 Å². The number of anilines is 2. The molecule has 0 radical (unpaired) electrons. The predicted octanol–water partition coefficient (Wildman–Crippen LogP) is 3.65. The van der Waals surface area contributed by atoms with Crippen LogP contribution < -0.4 is 10.6 Å². The number of benzene rings is 2. The highest BCUT2D eigenvalue weighted by molar-refractivity contribution is 5.99. The van der Waals surface area contributed by atoms with Crippen molar-refractivity contribution < 1.29 is 27.9 Å². The Bertz CT molecular complexity index is 1060. The first-order valence-electron chi connectivity index (χ1n) is 8.55. The second kappa shape index (κ2) is 7.82. The molecule has 1 amide bonds. The molecule has 1 heterocycles. The Kier molecular flexibility index (Phi) is 5.44. The molecular weight excluding hydrogens is 389 g/mol. The van der Waals surface area contributed by atoms with Gasteiger partial charge in [0.25, 0.3) is 0 Å². The third-order valence-corrected chi connectivity index (χ3v) is 4.13. The Morgan fingerprint density at radius 3 is 2.59 bits per heavy atom. The standard InChI is InChI=1S/C19H17F3N4O3/c1-10(27)23-13-6-3-7-14-16(13)26-18(24-14)25-15(17(28)29)9-11-4-2-5-12(8-11)19(20,21)22/h2-8,15H,9H2,1H3,(H,23,27)(H,28,29)(H2,24,25,26). The third-order valence-electron chi connectivity index (χ3n) is 4.13. The molecule has 1 atom stereocenters. The number of carbonyl (C=O) groups is 2. The van der Waals surface area contributed by atoms with Crippen LogP contribution in [0.1, 0.15) is 18.1 Å². The zero-order chi connectivity index (χ0) is 21.2. The average Bonchev–Trinajstić information content (AvgIpc) is 3.04. The summed E-state index contributed by atoms with van der Waals surface area (Å²) in [7, 11) is 0. The van der Waals surface area contributed by atoms with Gasteiger partial charge in [-0.15, -0.1) is 0 Å². The van der Waals surface area contributed by atoms with Crippen LogP contribution >= 0.6 is 0 Å². The number of fused-ring (bicyclic) bond motifs is 1. The Balaban J connectivity index is 1.84. The van der Waals surface area contributed by atoms with E-state index in [0.29, 0.717) is 16.7 Å². The van der Waals surface area contributed by atoms with Gasteiger partial charge in [0.2, 0.25) is 11.9 Å². The number of aromatic nitrogens is 2. The zero-order valence-corrected chi connectivity index (χ0v) is 15.2. The number of aliphatic carboxylic acids is 1. The number of nitrogens with zero attached hydrogens (tertiary/aromatic N) is 1. The number of imidazole rings is 1. The molecule has 0 fully saturated rings. The molecule has 7 nitrogen and oxygen atoms in total. The van der Waals surface area contributed by atoms with Gasteiger partial charge in [-0.2, -0.15) is 13.2 Å². The molecule has 0 saturated carbocycles. The summed E-state index contributed by atoms with van der Waals surface area (Å²) in [6, 6.07) is 8.32. The molecule has 0 spiro atoms. The molecule has 1 aromatic heterocycles. The van der Waals surface area contributed by atoms with Crippen LogP contribution in [-0.2, 0) is 22.2 Å². The van der Waals surface area contributed by atoms with Crippen LogP contribution in [0.2, 0.25) is 0 Å². The molecule has 29 heavy (non-hydrogen) atoms. The van der Waals surface area contributed by atoms with Crippen molar-refractivity contribution in [3.8, 4) is 0 Å². The first-order valence-corrected chi connectivity index (χ1v) is 8.55. The van der Waals surface area contributed by atoms with E-state index in [1.165, 1.54) is 19.1 Å². The number of H-pyrrole nitrogens is 1. The van der Waals surface area contributed by atoms with Crippen LogP contribution in [0.3, 0.4) is 0 Å². The summed E-state index contributed by atoms with van der Waals surface area (Å²) >= 11 is 0. The summed E-state index contributed by atoms with van der Waals surface area (Å²) in [4.78, 5) is 30.1. The number of halogens is 3. The zero-order valence-electron chi connectivity index (χ0n) is 15.2. The number of rotatable bonds is 6. The van der Waals surface area contributed by atoms with Gasteiger partial charge in [0.1, 0.15) is 11.6 Å². The molecule has 0 aliphatic carbocycles. The molecule has 4 N–H and O–H groups in total. The van der Waals surface area contributed by atoms with Gasteiger partial charge in [-0.3, -0.25) is 4.79 Å². The average molecular weight is 406 g/mol. The third kappa shape index (κ3) is 4.84. The Morgan fingerprint density at radius 1 is 1.21 bits per heavy atom. The fraction of sp³-hybridized carbons (Fsp3) is 0.211. The molecule has 0 bridgehead atoms. The van der Waals surface area contributed by atoms with Gasteiger partial charge in [-0.05, 0) is 23.8 Å². The maximum Gasteiger partial charge on any atom is 0.416 e. The highest BCUT2D eigenvalue weighted by Crippen LogP contribution is 2.30. The van der Waals surface area contributed by atoms with E-state index >= 15 is 0 Å². The fourth-order valence-electron chi connectivity index (χ4n) is 2.87. The number of aromatic amines is 1. The van der Waals surface area contributed by atoms with Crippen LogP contribution in [-0.4, -0.2) is 33.0 Å². The van der Waals surface area contributed by atoms with Crippen molar-refractivity contribution in [3.05, 3.63) is 53.6 Å². The SMILES string of the molecule is CC(=O)Nc1cccc2[nH]c(NC(Cc3cccc(C(F)(F)F)c3)C(=O)O)nc12. The van der Waals surface area contributed by atoms with Crippen molar-refractivity contribution in [1.82, 2.24) is 9.97 Å². The highest BCUT2D eigenvalue weighted by atomic mass is 19.4. The minimum absolute atomic E-state index is 0.122. The first kappa shape index (κ1) is 20.2. The van der Waals surface area contributed by atoms with Gasteiger partial charge in [0.05, 0.1) is 16.8 Å². The lowest BCUT2D eigenvalue weighted by Gasteiger charge is -2.15. The topological polar surface area (TPSA) is 107 Å². The van der Waals surface area contributed by atoms with E-state index in [2.05, 4.69) is 20.6 Å². The molecular formula is C19H17F3N4O3. The lowest BCUT2D eigenvalue weighted by atomic mass is 10.0. The monoisotopic (exact) mass is 406 g/mol. The normalized spacial score (nSPS) is 12.6. The quantitative estimate of drug-likeness (QED) is 0.500. The Labute approximate surface area is 163 Å². The number of carboxylic acids is 1. The molecule has 0 aliphatic heterocycles. The van der Waals surface area contributed by atoms with Crippen LogP contribution in [0, 0.1) is 0 Å². The summed E-state index contributed by atoms with van der Waals surface area (Å²) in [6.45, 7) is 1.35. The molecule has 3 aromatic rings. The van der Waals surface area contributed by atoms with Crippen molar-refractivity contribution in [2.45, 2.75) is 25.6 Å². The van der Waals surface area contributed by atoms with Crippen LogP contribution in [0.5, 0.6) is 0 Å². The number of alkyl halides is 3. The number of carboxylic acid groups (broad SMARTS) is 1. The minimum Gasteiger partial charge on any atom is -0.480 e. The smallest absolute Gasteiger partial charge is 0.416 e. The van der Waals surface area contributed by atoms with E-state index in [1.54, 1.807) is 18.2 Å². The van der Waals surface area contributed by atoms with E-state index in [4.69, 9.17) is 0 Å². The van der Waals surface area contributed by atoms with Gasteiger partial charge in [-0.1, -0.05) is 24.3 Å². The summed E-state index contributed by atoms with van der Waals surface area (Å²) < 4.78 is 38.6. The van der Waals surface area contributed by atoms with Crippen molar-refractivity contribution in [1.29, 1.82) is 0 Å². The Morgan fingerprint density at radius 2 is 1.93 bits per heavy atom. The fourth-order valence-corrected chi connectivity index (χ4v) is 2.87. The van der Waals surface area contributed by atoms with Gasteiger partial charge in [0.15, 0.2) is 0 Å². The lowest BCUT2D eigenvalue weighted by Crippen LogP contribution is -2.32. The van der Waals surface area contributed by atoms with Gasteiger partial charge in [-0.25, -0.2) is 9.78 Å². The van der Waals surface area contributed by atoms with E-state index in [0.717, 1.165) is 12.1 Å². The first-order chi connectivity index (χ1) is 13.6. The van der Waals surface area contributed by atoms with E-state index in [-0.39, 0.29) is 23.8 Å². The van der Waals surface area contributed by atoms with Gasteiger partial charge in [0, 0.05) is 13.3 Å². The van der Waals surface area contributed by atoms with Crippen LogP contribution in [0.15, 0.2) is 42.5 Å². The number of hydrogen-bond donors (Lipinski definition) is 4. The summed E-state index contributed by atoms with van der Waals surface area (Å²) in [6.07, 6.45) is -4.70. The maximum absolute atomic E-state index is 12.9. The summed E-state index contributed by atoms with van der Waals surface area (Å²) in [5.74, 6) is -1.41. The number of carbonyl (C=O) groups excluding carboxylic acids is 1. The van der Waals surface area contributed by atoms with Crippen molar-refractivity contribution in [2.24, 2.45) is 0 Å². The van der Waals surface area contributed by atoms with Gasteiger partial charge >= 0.3 is 12.1 Å². The number of hydrogen-bond acceptors (Lipinski definition) is 4. The van der Waals surface area contributed by atoms with Crippen molar-refractivity contribution in [3.63, 3.8) is 0 Å². The maximum atomic E-state index is 12.9. The molecule has 0 saturated heterocycles. The molecule has 3 rings (SSSR count). The number of amides is 1. The molecule has 10 heteroatoms. The molecule has 0 aliphatic rings. The molecule has 1 unspecified atom stereocenters. The van der Waals surface area contributed by atoms with Crippen LogP contribution in [0.25, 0.3) is 11.0 Å². The minimum atomic E-state index is -4.51. The highest BCUT2D eigenvalue weighted by Gasteiger charge is 2.31. The second-order valence-corrected chi connectivity index (χ2v) is 6.41. The second-order valence-electron chi connectivity index (χ2n) is 6.41. The lowest BCUT2D eigenvalue weighted by molar-refractivity contribution is -0.138. The van der Waals surface area contributed by atoms with E-state index in [9.17, 15) is 27.9 Å². The van der Waals surface area contributed by atoms with Crippen molar-refractivity contribution in [2.75, 3.05) is 10.6 Å². The van der Waals surface area contributed by atoms with E-state index in [1.807, 2.05) is 0 Å². The summed E-state index contributed by atoms with van der Waals surface area (Å²) in [5.41, 5.74) is 0.803. The van der Waals surface area contributed by atoms with Crippen molar-refractivity contribution >= 4 is 34.5 Å². The largest absolute Gasteiger partial charge is 0.480 e. The summed E-state index contributed by atoms with van der Waals surface area (Å²) in [5, 5.41) is 14.8. The molecule has 2 aromatic carbocycles. The van der Waals surface area contributed by atoms with Gasteiger partial charge < -0.3 is 20.7 Å². The molecule has 152 valence electrons. The predicted molar refractivity (Wildman–Crippen MR) is 101 cm³/mol. The number of nitrogens with one attached hydrogen (secondary N) is 3. The number of para-hydroxylation sites is 1. The van der Waals surface area contributed by atoms with E-state index < -0.39 is 23.8 Å².